The molecule has 1 aliphatic heterocycles. The second-order valence-electron chi connectivity index (χ2n) is 5.42. The third kappa shape index (κ3) is 2.83. The van der Waals surface area contributed by atoms with E-state index in [0.717, 1.165) is 11.3 Å². The molecule has 0 saturated heterocycles. The molecule has 0 aliphatic carbocycles. The summed E-state index contributed by atoms with van der Waals surface area (Å²) in [5.41, 5.74) is 2.34. The van der Waals surface area contributed by atoms with E-state index in [4.69, 9.17) is 0 Å². The zero-order valence-corrected chi connectivity index (χ0v) is 13.0. The molecule has 3 rings (SSSR count). The maximum atomic E-state index is 12.3. The second kappa shape index (κ2) is 6.11. The minimum atomic E-state index is -0.545. The molecule has 0 aromatic heterocycles. The van der Waals surface area contributed by atoms with E-state index < -0.39 is 10.8 Å². The first-order chi connectivity index (χ1) is 11.5. The molecule has 2 aromatic carbocycles. The normalized spacial score (nSPS) is 12.9. The summed E-state index contributed by atoms with van der Waals surface area (Å²) in [4.78, 5) is 36.1. The lowest BCUT2D eigenvalue weighted by atomic mass is 10.1. The first-order valence-electron chi connectivity index (χ1n) is 7.48. The van der Waals surface area contributed by atoms with E-state index in [1.165, 1.54) is 24.3 Å². The summed E-state index contributed by atoms with van der Waals surface area (Å²) in [5.74, 6) is -0.398. The molecule has 7 nitrogen and oxygen atoms in total. The van der Waals surface area contributed by atoms with Crippen LogP contribution >= 0.6 is 0 Å². The highest BCUT2D eigenvalue weighted by molar-refractivity contribution is 6.06. The van der Waals surface area contributed by atoms with Crippen LogP contribution in [0.5, 0.6) is 0 Å². The van der Waals surface area contributed by atoms with Gasteiger partial charge in [-0.15, -0.1) is 0 Å². The van der Waals surface area contributed by atoms with Crippen molar-refractivity contribution in [3.63, 3.8) is 0 Å². The van der Waals surface area contributed by atoms with Crippen LogP contribution in [-0.2, 0) is 11.2 Å². The summed E-state index contributed by atoms with van der Waals surface area (Å²) in [6.07, 6.45) is 0.309. The SMILES string of the molecule is CCN1C(=O)Cc2cc(NC(=O)c3cccc([N+](=O)[O-])c3)ccc21. The molecule has 1 N–H and O–H groups in total. The molecule has 24 heavy (non-hydrogen) atoms. The van der Waals surface area contributed by atoms with Gasteiger partial charge in [0.1, 0.15) is 0 Å². The fraction of sp³-hybridized carbons (Fsp3) is 0.176. The first-order valence-corrected chi connectivity index (χ1v) is 7.48. The number of fused-ring (bicyclic) bond motifs is 1. The highest BCUT2D eigenvalue weighted by Gasteiger charge is 2.26. The molecule has 1 aliphatic rings. The van der Waals surface area contributed by atoms with Crippen LogP contribution in [0.3, 0.4) is 0 Å². The predicted molar refractivity (Wildman–Crippen MR) is 89.2 cm³/mol. The summed E-state index contributed by atoms with van der Waals surface area (Å²) in [6.45, 7) is 2.51. The summed E-state index contributed by atoms with van der Waals surface area (Å²) in [7, 11) is 0. The van der Waals surface area contributed by atoms with Crippen molar-refractivity contribution in [3.8, 4) is 0 Å². The van der Waals surface area contributed by atoms with Crippen LogP contribution < -0.4 is 10.2 Å². The average molecular weight is 325 g/mol. The van der Waals surface area contributed by atoms with E-state index in [9.17, 15) is 19.7 Å². The Labute approximate surface area is 138 Å². The summed E-state index contributed by atoms with van der Waals surface area (Å²) in [6, 6.07) is 10.8. The Morgan fingerprint density at radius 3 is 2.79 bits per heavy atom. The van der Waals surface area contributed by atoms with Gasteiger partial charge in [-0.25, -0.2) is 0 Å². The maximum absolute atomic E-state index is 12.3. The molecule has 0 unspecified atom stereocenters. The van der Waals surface area contributed by atoms with Crippen LogP contribution in [0.2, 0.25) is 0 Å². The lowest BCUT2D eigenvalue weighted by molar-refractivity contribution is -0.384. The number of amides is 2. The van der Waals surface area contributed by atoms with Gasteiger partial charge in [-0.2, -0.15) is 0 Å². The van der Waals surface area contributed by atoms with Gasteiger partial charge in [0.25, 0.3) is 11.6 Å². The van der Waals surface area contributed by atoms with E-state index >= 15 is 0 Å². The largest absolute Gasteiger partial charge is 0.322 e. The van der Waals surface area contributed by atoms with Gasteiger partial charge in [0.05, 0.1) is 11.3 Å². The zero-order valence-electron chi connectivity index (χ0n) is 13.0. The Morgan fingerprint density at radius 2 is 2.08 bits per heavy atom. The number of anilines is 2. The third-order valence-corrected chi connectivity index (χ3v) is 3.91. The van der Waals surface area contributed by atoms with E-state index in [1.54, 1.807) is 23.1 Å². The fourth-order valence-corrected chi connectivity index (χ4v) is 2.77. The van der Waals surface area contributed by atoms with Gasteiger partial charge in [0.15, 0.2) is 0 Å². The topological polar surface area (TPSA) is 92.6 Å². The highest BCUT2D eigenvalue weighted by atomic mass is 16.6. The molecule has 0 atom stereocenters. The quantitative estimate of drug-likeness (QED) is 0.691. The van der Waals surface area contributed by atoms with E-state index in [1.807, 2.05) is 6.92 Å². The Morgan fingerprint density at radius 1 is 1.29 bits per heavy atom. The number of hydrogen-bond acceptors (Lipinski definition) is 4. The van der Waals surface area contributed by atoms with Gasteiger partial charge in [-0.05, 0) is 36.8 Å². The molecule has 0 spiro atoms. The van der Waals surface area contributed by atoms with Crippen molar-refractivity contribution in [2.75, 3.05) is 16.8 Å². The minimum Gasteiger partial charge on any atom is -0.322 e. The molecule has 122 valence electrons. The highest BCUT2D eigenvalue weighted by Crippen LogP contribution is 2.31. The number of nitro groups is 1. The number of carbonyl (C=O) groups is 2. The van der Waals surface area contributed by atoms with Gasteiger partial charge in [-0.1, -0.05) is 6.07 Å². The van der Waals surface area contributed by atoms with Crippen LogP contribution in [0.15, 0.2) is 42.5 Å². The van der Waals surface area contributed by atoms with Gasteiger partial charge < -0.3 is 10.2 Å². The number of likely N-dealkylation sites (N-methyl/N-ethyl adjacent to an activating group) is 1. The minimum absolute atomic E-state index is 0.0367. The monoisotopic (exact) mass is 325 g/mol. The van der Waals surface area contributed by atoms with Crippen LogP contribution in [0.4, 0.5) is 17.1 Å². The number of non-ortho nitro benzene ring substituents is 1. The Hall–Kier alpha value is -3.22. The lowest BCUT2D eigenvalue weighted by Gasteiger charge is -2.15. The molecule has 2 aromatic rings. The van der Waals surface area contributed by atoms with E-state index in [2.05, 4.69) is 5.32 Å². The third-order valence-electron chi connectivity index (χ3n) is 3.91. The van der Waals surface area contributed by atoms with Gasteiger partial charge >= 0.3 is 0 Å². The zero-order chi connectivity index (χ0) is 17.3. The molecular formula is C17H15N3O4. The second-order valence-corrected chi connectivity index (χ2v) is 5.42. The van der Waals surface area contributed by atoms with Crippen molar-refractivity contribution in [1.29, 1.82) is 0 Å². The molecule has 0 radical (unpaired) electrons. The van der Waals surface area contributed by atoms with Crippen molar-refractivity contribution in [1.82, 2.24) is 0 Å². The van der Waals surface area contributed by atoms with Gasteiger partial charge in [0, 0.05) is 35.6 Å². The molecule has 7 heteroatoms. The van der Waals surface area contributed by atoms with Crippen molar-refractivity contribution >= 4 is 28.9 Å². The van der Waals surface area contributed by atoms with Crippen LogP contribution in [0.25, 0.3) is 0 Å². The molecule has 0 bridgehead atoms. The standard InChI is InChI=1S/C17H15N3O4/c1-2-19-15-7-6-13(8-12(15)10-16(19)21)18-17(22)11-4-3-5-14(9-11)20(23)24/h3-9H,2,10H2,1H3,(H,18,22). The molecule has 0 fully saturated rings. The maximum Gasteiger partial charge on any atom is 0.270 e. The molecule has 2 amide bonds. The van der Waals surface area contributed by atoms with Crippen molar-refractivity contribution in [2.24, 2.45) is 0 Å². The Kier molecular flexibility index (Phi) is 3.99. The molecule has 1 heterocycles. The van der Waals surface area contributed by atoms with Crippen LogP contribution in [0.1, 0.15) is 22.8 Å². The number of benzene rings is 2. The smallest absolute Gasteiger partial charge is 0.270 e. The number of nitrogens with zero attached hydrogens (tertiary/aromatic N) is 2. The average Bonchev–Trinajstić information content (AvgIpc) is 2.89. The lowest BCUT2D eigenvalue weighted by Crippen LogP contribution is -2.25. The predicted octanol–water partition coefficient (Wildman–Crippen LogP) is 2.76. The number of rotatable bonds is 4. The van der Waals surface area contributed by atoms with E-state index in [0.29, 0.717) is 18.7 Å². The number of nitro benzene ring substituents is 1. The van der Waals surface area contributed by atoms with Crippen molar-refractivity contribution in [2.45, 2.75) is 13.3 Å². The van der Waals surface area contributed by atoms with Gasteiger partial charge in [0.2, 0.25) is 5.91 Å². The summed E-state index contributed by atoms with van der Waals surface area (Å²) >= 11 is 0. The molecular weight excluding hydrogens is 310 g/mol. The first kappa shape index (κ1) is 15.7. The summed E-state index contributed by atoms with van der Waals surface area (Å²) < 4.78 is 0. The number of carbonyl (C=O) groups excluding carboxylic acids is 2. The Bertz CT molecular complexity index is 847. The van der Waals surface area contributed by atoms with Crippen molar-refractivity contribution in [3.05, 3.63) is 63.7 Å². The van der Waals surface area contributed by atoms with Crippen molar-refractivity contribution < 1.29 is 14.5 Å². The van der Waals surface area contributed by atoms with Gasteiger partial charge in [-0.3, -0.25) is 19.7 Å². The van der Waals surface area contributed by atoms with E-state index in [-0.39, 0.29) is 17.2 Å². The van der Waals surface area contributed by atoms with Crippen LogP contribution in [-0.4, -0.2) is 23.3 Å². The molecule has 0 saturated carbocycles. The Balaban J connectivity index is 1.81. The van der Waals surface area contributed by atoms with Crippen LogP contribution in [0, 0.1) is 10.1 Å². The number of nitrogens with one attached hydrogen (secondary N) is 1. The fourth-order valence-electron chi connectivity index (χ4n) is 2.77. The number of hydrogen-bond donors (Lipinski definition) is 1. The summed E-state index contributed by atoms with van der Waals surface area (Å²) in [5, 5.41) is 13.5.